The van der Waals surface area contributed by atoms with Crippen LogP contribution in [-0.4, -0.2) is 38.0 Å². The van der Waals surface area contributed by atoms with Gasteiger partial charge in [-0.05, 0) is 86.6 Å². The van der Waals surface area contributed by atoms with Gasteiger partial charge in [-0.25, -0.2) is 18.1 Å². The number of nitrogens with zero attached hydrogens (tertiary/aromatic N) is 2. The van der Waals surface area contributed by atoms with Gasteiger partial charge in [0, 0.05) is 30.0 Å². The van der Waals surface area contributed by atoms with E-state index in [0.29, 0.717) is 29.4 Å². The molecule has 9 heteroatoms. The highest BCUT2D eigenvalue weighted by atomic mass is 35.5. The molecule has 7 nitrogen and oxygen atoms in total. The summed E-state index contributed by atoms with van der Waals surface area (Å²) in [5, 5.41) is 8.46. The van der Waals surface area contributed by atoms with E-state index in [0.717, 1.165) is 61.4 Å². The first-order valence-electron chi connectivity index (χ1n) is 12.5. The molecule has 35 heavy (non-hydrogen) atoms. The number of para-hydroxylation sites is 1. The Morgan fingerprint density at radius 1 is 0.800 bits per heavy atom. The molecule has 0 spiro atoms. The van der Waals surface area contributed by atoms with Crippen LogP contribution in [0.4, 0.5) is 11.8 Å². The van der Waals surface area contributed by atoms with Crippen LogP contribution in [-0.2, 0) is 10.0 Å². The van der Waals surface area contributed by atoms with Crippen LogP contribution in [0.25, 0.3) is 10.9 Å². The predicted molar refractivity (Wildman–Crippen MR) is 141 cm³/mol. The molecular weight excluding hydrogens is 482 g/mol. The number of sulfonamides is 1. The molecule has 2 aliphatic carbocycles. The van der Waals surface area contributed by atoms with Gasteiger partial charge in [-0.1, -0.05) is 29.8 Å². The lowest BCUT2D eigenvalue weighted by molar-refractivity contribution is 0.284. The van der Waals surface area contributed by atoms with Gasteiger partial charge < -0.3 is 10.6 Å². The third-order valence-electron chi connectivity index (χ3n) is 7.04. The Labute approximate surface area is 212 Å². The van der Waals surface area contributed by atoms with E-state index < -0.39 is 10.0 Å². The van der Waals surface area contributed by atoms with Gasteiger partial charge >= 0.3 is 0 Å². The molecule has 0 saturated heterocycles. The second-order valence-electron chi connectivity index (χ2n) is 9.81. The molecule has 3 aromatic rings. The number of nitrogens with one attached hydrogen (secondary N) is 3. The van der Waals surface area contributed by atoms with Crippen molar-refractivity contribution in [1.29, 1.82) is 0 Å². The molecule has 1 aromatic heterocycles. The van der Waals surface area contributed by atoms with E-state index >= 15 is 0 Å². The van der Waals surface area contributed by atoms with Gasteiger partial charge in [0.2, 0.25) is 16.0 Å². The molecule has 0 radical (unpaired) electrons. The lowest BCUT2D eigenvalue weighted by Gasteiger charge is -2.28. The van der Waals surface area contributed by atoms with E-state index in [-0.39, 0.29) is 4.90 Å². The van der Waals surface area contributed by atoms with Gasteiger partial charge in [-0.3, -0.25) is 0 Å². The molecule has 5 rings (SSSR count). The summed E-state index contributed by atoms with van der Waals surface area (Å²) in [6, 6.07) is 14.5. The summed E-state index contributed by atoms with van der Waals surface area (Å²) in [5.74, 6) is 3.20. The molecule has 2 saturated carbocycles. The Morgan fingerprint density at radius 2 is 1.46 bits per heavy atom. The van der Waals surface area contributed by atoms with Crippen molar-refractivity contribution < 1.29 is 8.42 Å². The molecular formula is C26H32ClN5O2S. The second-order valence-corrected chi connectivity index (χ2v) is 12.0. The fourth-order valence-electron chi connectivity index (χ4n) is 4.67. The standard InChI is InChI=1S/C26H32ClN5O2S/c27-21-4-3-5-22(14-21)35(33,34)30-17-20-12-10-19(11-13-20)16-29-26-31-24-7-2-1-6-23(24)25(32-26)28-15-18-8-9-18/h1-7,14,18-20,30H,8-13,15-17H2,(H2,28,29,31,32)/t19-,20-. The molecule has 0 bridgehead atoms. The smallest absolute Gasteiger partial charge is 0.240 e. The molecule has 2 fully saturated rings. The van der Waals surface area contributed by atoms with Crippen molar-refractivity contribution in [3.63, 3.8) is 0 Å². The number of anilines is 2. The summed E-state index contributed by atoms with van der Waals surface area (Å²) in [6.07, 6.45) is 6.69. The fraction of sp³-hybridized carbons (Fsp3) is 0.462. The average Bonchev–Trinajstić information content (AvgIpc) is 3.70. The number of hydrogen-bond donors (Lipinski definition) is 3. The summed E-state index contributed by atoms with van der Waals surface area (Å²) >= 11 is 5.95. The summed E-state index contributed by atoms with van der Waals surface area (Å²) in [4.78, 5) is 9.71. The highest BCUT2D eigenvalue weighted by Crippen LogP contribution is 2.31. The number of hydrogen-bond acceptors (Lipinski definition) is 6. The molecule has 1 heterocycles. The van der Waals surface area contributed by atoms with Crippen molar-refractivity contribution in [2.45, 2.75) is 43.4 Å². The van der Waals surface area contributed by atoms with Crippen molar-refractivity contribution >= 4 is 44.3 Å². The van der Waals surface area contributed by atoms with Gasteiger partial charge in [-0.15, -0.1) is 0 Å². The van der Waals surface area contributed by atoms with E-state index in [1.165, 1.54) is 18.9 Å². The highest BCUT2D eigenvalue weighted by Gasteiger charge is 2.24. The first-order valence-corrected chi connectivity index (χ1v) is 14.3. The summed E-state index contributed by atoms with van der Waals surface area (Å²) in [7, 11) is -3.54. The minimum atomic E-state index is -3.54. The Bertz CT molecular complexity index is 1270. The number of halogens is 1. The normalized spacial score (nSPS) is 20.6. The third-order valence-corrected chi connectivity index (χ3v) is 8.70. The van der Waals surface area contributed by atoms with Crippen molar-refractivity contribution in [1.82, 2.24) is 14.7 Å². The number of rotatable bonds is 10. The minimum Gasteiger partial charge on any atom is -0.369 e. The maximum atomic E-state index is 12.6. The van der Waals surface area contributed by atoms with E-state index in [9.17, 15) is 8.42 Å². The van der Waals surface area contributed by atoms with Crippen LogP contribution in [0.1, 0.15) is 38.5 Å². The van der Waals surface area contributed by atoms with E-state index in [4.69, 9.17) is 21.6 Å². The zero-order chi connectivity index (χ0) is 24.3. The third kappa shape index (κ3) is 6.42. The van der Waals surface area contributed by atoms with Crippen LogP contribution < -0.4 is 15.4 Å². The monoisotopic (exact) mass is 513 g/mol. The van der Waals surface area contributed by atoms with Crippen LogP contribution in [0.15, 0.2) is 53.4 Å². The van der Waals surface area contributed by atoms with Crippen LogP contribution in [0, 0.1) is 17.8 Å². The second kappa shape index (κ2) is 10.7. The van der Waals surface area contributed by atoms with Crippen molar-refractivity contribution in [3.8, 4) is 0 Å². The van der Waals surface area contributed by atoms with Crippen molar-refractivity contribution in [2.75, 3.05) is 30.3 Å². The summed E-state index contributed by atoms with van der Waals surface area (Å²) in [6.45, 7) is 2.24. The van der Waals surface area contributed by atoms with Crippen molar-refractivity contribution in [3.05, 3.63) is 53.6 Å². The minimum absolute atomic E-state index is 0.212. The van der Waals surface area contributed by atoms with Crippen molar-refractivity contribution in [2.24, 2.45) is 17.8 Å². The van der Waals surface area contributed by atoms with Gasteiger partial charge in [0.1, 0.15) is 5.82 Å². The van der Waals surface area contributed by atoms with Gasteiger partial charge in [-0.2, -0.15) is 4.98 Å². The SMILES string of the molecule is O=S(=O)(NC[C@H]1CC[C@H](CNc2nc(NCC3CC3)c3ccccc3n2)CC1)c1cccc(Cl)c1. The number of benzene rings is 2. The Morgan fingerprint density at radius 3 is 2.17 bits per heavy atom. The van der Waals surface area contributed by atoms with Crippen LogP contribution in [0.5, 0.6) is 0 Å². The lowest BCUT2D eigenvalue weighted by atomic mass is 9.82. The van der Waals surface area contributed by atoms with Crippen LogP contribution in [0.2, 0.25) is 5.02 Å². The molecule has 0 amide bonds. The lowest BCUT2D eigenvalue weighted by Crippen LogP contribution is -2.32. The van der Waals surface area contributed by atoms with Crippen LogP contribution >= 0.6 is 11.6 Å². The maximum absolute atomic E-state index is 12.6. The molecule has 2 aromatic carbocycles. The number of aromatic nitrogens is 2. The maximum Gasteiger partial charge on any atom is 0.240 e. The topological polar surface area (TPSA) is 96.0 Å². The molecule has 186 valence electrons. The summed E-state index contributed by atoms with van der Waals surface area (Å²) < 4.78 is 27.9. The largest absolute Gasteiger partial charge is 0.369 e. The molecule has 2 aliphatic rings. The van der Waals surface area contributed by atoms with E-state index in [1.807, 2.05) is 18.2 Å². The zero-order valence-electron chi connectivity index (χ0n) is 19.7. The average molecular weight is 514 g/mol. The molecule has 0 aliphatic heterocycles. The van der Waals surface area contributed by atoms with E-state index in [1.54, 1.807) is 18.2 Å². The Balaban J connectivity index is 1.12. The first-order chi connectivity index (χ1) is 17.0. The Hall–Kier alpha value is -2.42. The molecule has 0 atom stereocenters. The zero-order valence-corrected chi connectivity index (χ0v) is 21.3. The quantitative estimate of drug-likeness (QED) is 0.340. The highest BCUT2D eigenvalue weighted by molar-refractivity contribution is 7.89. The first kappa shape index (κ1) is 24.3. The predicted octanol–water partition coefficient (Wildman–Crippen LogP) is 5.30. The van der Waals surface area contributed by atoms with Gasteiger partial charge in [0.05, 0.1) is 10.4 Å². The van der Waals surface area contributed by atoms with E-state index in [2.05, 4.69) is 21.4 Å². The fourth-order valence-corrected chi connectivity index (χ4v) is 6.09. The van der Waals surface area contributed by atoms with Crippen LogP contribution in [0.3, 0.4) is 0 Å². The molecule has 3 N–H and O–H groups in total. The van der Waals surface area contributed by atoms with Gasteiger partial charge in [0.15, 0.2) is 0 Å². The number of fused-ring (bicyclic) bond motifs is 1. The Kier molecular flexibility index (Phi) is 7.41. The summed E-state index contributed by atoms with van der Waals surface area (Å²) in [5.41, 5.74) is 0.944. The van der Waals surface area contributed by atoms with Gasteiger partial charge in [0.25, 0.3) is 0 Å². The molecule has 0 unspecified atom stereocenters.